The molecule has 0 bridgehead atoms. The SMILES string of the molecule is O=C(O)c1ccc(-c2cc(C3CCCCC3)c(O)c(-n3nc4ccc(S(=O)(=O)c5ccccc5)cc4n3)c2)cc1. The largest absolute Gasteiger partial charge is 0.505 e. The number of rotatable bonds is 6. The van der Waals surface area contributed by atoms with Crippen molar-refractivity contribution in [2.24, 2.45) is 0 Å². The minimum absolute atomic E-state index is 0.0928. The van der Waals surface area contributed by atoms with Crippen LogP contribution in [0.4, 0.5) is 0 Å². The molecule has 0 amide bonds. The van der Waals surface area contributed by atoms with Gasteiger partial charge in [-0.3, -0.25) is 0 Å². The Bertz CT molecular complexity index is 1820. The number of fused-ring (bicyclic) bond motifs is 1. The smallest absolute Gasteiger partial charge is 0.335 e. The first kappa shape index (κ1) is 25.8. The molecule has 5 aromatic rings. The molecule has 1 aliphatic carbocycles. The van der Waals surface area contributed by atoms with Crippen LogP contribution >= 0.6 is 0 Å². The molecule has 0 aliphatic heterocycles. The number of carboxylic acid groups (broad SMARTS) is 1. The Morgan fingerprint density at radius 2 is 1.48 bits per heavy atom. The first-order chi connectivity index (χ1) is 19.3. The first-order valence-corrected chi connectivity index (χ1v) is 14.7. The van der Waals surface area contributed by atoms with E-state index in [-0.39, 0.29) is 27.0 Å². The van der Waals surface area contributed by atoms with E-state index in [0.29, 0.717) is 16.7 Å². The number of nitrogens with zero attached hydrogens (tertiary/aromatic N) is 3. The number of hydrogen-bond donors (Lipinski definition) is 2. The average Bonchev–Trinajstić information content (AvgIpc) is 3.41. The van der Waals surface area contributed by atoms with Gasteiger partial charge in [-0.05, 0) is 90.0 Å². The third-order valence-electron chi connectivity index (χ3n) is 7.56. The Kier molecular flexibility index (Phi) is 6.59. The molecule has 9 heteroatoms. The minimum Gasteiger partial charge on any atom is -0.505 e. The number of aromatic hydroxyl groups is 1. The number of benzene rings is 4. The van der Waals surface area contributed by atoms with Crippen molar-refractivity contribution in [2.45, 2.75) is 47.8 Å². The summed E-state index contributed by atoms with van der Waals surface area (Å²) in [4.78, 5) is 13.0. The zero-order valence-corrected chi connectivity index (χ0v) is 22.4. The van der Waals surface area contributed by atoms with E-state index in [2.05, 4.69) is 10.2 Å². The van der Waals surface area contributed by atoms with E-state index >= 15 is 0 Å². The van der Waals surface area contributed by atoms with E-state index in [1.807, 2.05) is 6.07 Å². The maximum absolute atomic E-state index is 13.2. The number of hydrogen-bond acceptors (Lipinski definition) is 6. The highest BCUT2D eigenvalue weighted by Gasteiger charge is 2.24. The first-order valence-electron chi connectivity index (χ1n) is 13.2. The topological polar surface area (TPSA) is 122 Å². The quantitative estimate of drug-likeness (QED) is 0.250. The molecule has 1 heterocycles. The highest BCUT2D eigenvalue weighted by Crippen LogP contribution is 2.42. The molecule has 1 saturated carbocycles. The fourth-order valence-corrected chi connectivity index (χ4v) is 6.70. The third-order valence-corrected chi connectivity index (χ3v) is 9.33. The van der Waals surface area contributed by atoms with Gasteiger partial charge < -0.3 is 10.2 Å². The molecular formula is C31H27N3O5S. The average molecular weight is 554 g/mol. The van der Waals surface area contributed by atoms with E-state index in [0.717, 1.165) is 42.4 Å². The Morgan fingerprint density at radius 1 is 0.775 bits per heavy atom. The number of phenolic OH excluding ortho intramolecular Hbond substituents is 1. The lowest BCUT2D eigenvalue weighted by atomic mass is 9.82. The number of aromatic nitrogens is 3. The summed E-state index contributed by atoms with van der Waals surface area (Å²) in [7, 11) is -3.74. The second kappa shape index (κ2) is 10.2. The number of sulfone groups is 1. The van der Waals surface area contributed by atoms with E-state index in [9.17, 15) is 23.4 Å². The normalized spacial score (nSPS) is 14.4. The molecule has 0 saturated heterocycles. The van der Waals surface area contributed by atoms with Crippen molar-refractivity contribution in [2.75, 3.05) is 0 Å². The van der Waals surface area contributed by atoms with Gasteiger partial charge in [0.2, 0.25) is 9.84 Å². The van der Waals surface area contributed by atoms with Gasteiger partial charge in [0.1, 0.15) is 22.5 Å². The van der Waals surface area contributed by atoms with Gasteiger partial charge in [0, 0.05) is 0 Å². The van der Waals surface area contributed by atoms with Crippen LogP contribution in [0, 0.1) is 0 Å². The van der Waals surface area contributed by atoms with E-state index in [4.69, 9.17) is 0 Å². The molecule has 202 valence electrons. The van der Waals surface area contributed by atoms with Gasteiger partial charge in [-0.25, -0.2) is 13.2 Å². The van der Waals surface area contributed by atoms with Crippen LogP contribution in [0.15, 0.2) is 94.7 Å². The number of carbonyl (C=O) groups is 1. The molecule has 8 nitrogen and oxygen atoms in total. The molecule has 1 aliphatic rings. The second-order valence-electron chi connectivity index (χ2n) is 10.1. The highest BCUT2D eigenvalue weighted by molar-refractivity contribution is 7.91. The number of phenols is 1. The Labute approximate surface area is 231 Å². The summed E-state index contributed by atoms with van der Waals surface area (Å²) < 4.78 is 26.3. The summed E-state index contributed by atoms with van der Waals surface area (Å²) in [5.74, 6) is -0.726. The zero-order valence-electron chi connectivity index (χ0n) is 21.6. The van der Waals surface area contributed by atoms with Crippen LogP contribution in [0.5, 0.6) is 5.75 Å². The van der Waals surface area contributed by atoms with Crippen molar-refractivity contribution in [1.82, 2.24) is 15.0 Å². The molecule has 0 radical (unpaired) electrons. The molecular weight excluding hydrogens is 526 g/mol. The van der Waals surface area contributed by atoms with Crippen molar-refractivity contribution in [3.8, 4) is 22.6 Å². The van der Waals surface area contributed by atoms with Gasteiger partial charge in [-0.2, -0.15) is 0 Å². The van der Waals surface area contributed by atoms with Crippen molar-refractivity contribution in [1.29, 1.82) is 0 Å². The summed E-state index contributed by atoms with van der Waals surface area (Å²) in [5, 5.41) is 29.9. The van der Waals surface area contributed by atoms with E-state index < -0.39 is 15.8 Å². The van der Waals surface area contributed by atoms with Crippen LogP contribution < -0.4 is 0 Å². The fraction of sp³-hybridized carbons (Fsp3) is 0.194. The number of carboxylic acids is 1. The summed E-state index contributed by atoms with van der Waals surface area (Å²) in [6.45, 7) is 0. The summed E-state index contributed by atoms with van der Waals surface area (Å²) in [5.41, 5.74) is 3.85. The van der Waals surface area contributed by atoms with Crippen molar-refractivity contribution >= 4 is 26.8 Å². The standard InChI is InChI=1S/C31H27N3O5S/c35-30-26(21-7-3-1-4-8-21)17-23(20-11-13-22(14-12-20)31(36)37)18-29(30)34-32-27-16-15-25(19-28(27)33-34)40(38,39)24-9-5-2-6-10-24/h2,5-6,9-19,21,35H,1,3-4,7-8H2,(H,36,37). The summed E-state index contributed by atoms with van der Waals surface area (Å²) >= 11 is 0. The van der Waals surface area contributed by atoms with Gasteiger partial charge in [0.05, 0.1) is 15.4 Å². The Balaban J connectivity index is 1.47. The summed E-state index contributed by atoms with van der Waals surface area (Å²) in [6.07, 6.45) is 5.26. The molecule has 0 unspecified atom stereocenters. The van der Waals surface area contributed by atoms with Gasteiger partial charge in [-0.1, -0.05) is 49.6 Å². The molecule has 1 aromatic heterocycles. The molecule has 0 atom stereocenters. The maximum Gasteiger partial charge on any atom is 0.335 e. The zero-order chi connectivity index (χ0) is 27.9. The van der Waals surface area contributed by atoms with Crippen LogP contribution in [-0.2, 0) is 9.84 Å². The molecule has 0 spiro atoms. The lowest BCUT2D eigenvalue weighted by molar-refractivity contribution is 0.0697. The fourth-order valence-electron chi connectivity index (χ4n) is 5.40. The predicted molar refractivity (Wildman–Crippen MR) is 151 cm³/mol. The van der Waals surface area contributed by atoms with E-state index in [1.54, 1.807) is 66.7 Å². The monoisotopic (exact) mass is 553 g/mol. The lowest BCUT2D eigenvalue weighted by Crippen LogP contribution is -2.08. The van der Waals surface area contributed by atoms with Gasteiger partial charge in [0.15, 0.2) is 0 Å². The van der Waals surface area contributed by atoms with Crippen LogP contribution in [0.25, 0.3) is 27.8 Å². The molecule has 2 N–H and O–H groups in total. The predicted octanol–water partition coefficient (Wildman–Crippen LogP) is 6.37. The maximum atomic E-state index is 13.2. The van der Waals surface area contributed by atoms with Crippen LogP contribution in [-0.4, -0.2) is 39.6 Å². The minimum atomic E-state index is -3.74. The second-order valence-corrected chi connectivity index (χ2v) is 12.1. The summed E-state index contributed by atoms with van der Waals surface area (Å²) in [6, 6.07) is 23.2. The Morgan fingerprint density at radius 3 is 2.17 bits per heavy atom. The molecule has 40 heavy (non-hydrogen) atoms. The van der Waals surface area contributed by atoms with Gasteiger partial charge in [-0.15, -0.1) is 15.0 Å². The lowest BCUT2D eigenvalue weighted by Gasteiger charge is -2.24. The van der Waals surface area contributed by atoms with Crippen molar-refractivity contribution < 1.29 is 23.4 Å². The molecule has 1 fully saturated rings. The highest BCUT2D eigenvalue weighted by atomic mass is 32.2. The molecule has 4 aromatic carbocycles. The molecule has 6 rings (SSSR count). The van der Waals surface area contributed by atoms with Crippen LogP contribution in [0.3, 0.4) is 0 Å². The van der Waals surface area contributed by atoms with Crippen LogP contribution in [0.2, 0.25) is 0 Å². The number of aromatic carboxylic acids is 1. The van der Waals surface area contributed by atoms with Crippen molar-refractivity contribution in [3.63, 3.8) is 0 Å². The Hall–Kier alpha value is -4.50. The van der Waals surface area contributed by atoms with Crippen molar-refractivity contribution in [3.05, 3.63) is 96.1 Å². The third kappa shape index (κ3) is 4.73. The van der Waals surface area contributed by atoms with Gasteiger partial charge >= 0.3 is 5.97 Å². The van der Waals surface area contributed by atoms with Gasteiger partial charge in [0.25, 0.3) is 0 Å². The van der Waals surface area contributed by atoms with Crippen LogP contribution in [0.1, 0.15) is 53.9 Å². The van der Waals surface area contributed by atoms with E-state index in [1.165, 1.54) is 23.4 Å².